The lowest BCUT2D eigenvalue weighted by atomic mass is 10.3. The van der Waals surface area contributed by atoms with E-state index in [1.54, 1.807) is 0 Å². The van der Waals surface area contributed by atoms with Gasteiger partial charge in [-0.15, -0.1) is 0 Å². The van der Waals surface area contributed by atoms with E-state index in [2.05, 4.69) is 9.46 Å². The summed E-state index contributed by atoms with van der Waals surface area (Å²) in [5.74, 6) is -2.09. The quantitative estimate of drug-likeness (QED) is 0.650. The molecule has 18 heavy (non-hydrogen) atoms. The van der Waals surface area contributed by atoms with Gasteiger partial charge in [-0.25, -0.2) is 8.42 Å². The summed E-state index contributed by atoms with van der Waals surface area (Å²) < 4.78 is 29.4. The zero-order valence-corrected chi connectivity index (χ0v) is 11.4. The predicted octanol–water partition coefficient (Wildman–Crippen LogP) is 1.61. The molecule has 6 nitrogen and oxygen atoms in total. The van der Waals surface area contributed by atoms with Gasteiger partial charge in [0.1, 0.15) is 0 Å². The van der Waals surface area contributed by atoms with E-state index < -0.39 is 21.7 Å². The fourth-order valence-electron chi connectivity index (χ4n) is 1.05. The van der Waals surface area contributed by atoms with Gasteiger partial charge in [0.2, 0.25) is 10.0 Å². The Hall–Kier alpha value is -1.18. The van der Waals surface area contributed by atoms with Crippen molar-refractivity contribution >= 4 is 44.9 Å². The summed E-state index contributed by atoms with van der Waals surface area (Å²) in [6.45, 7) is 0. The molecule has 0 atom stereocenters. The van der Waals surface area contributed by atoms with Crippen molar-refractivity contribution in [2.75, 3.05) is 17.6 Å². The number of carbonyl (C=O) groups is 1. The van der Waals surface area contributed by atoms with Gasteiger partial charge in [-0.1, -0.05) is 23.2 Å². The lowest BCUT2D eigenvalue weighted by Gasteiger charge is -2.09. The zero-order chi connectivity index (χ0) is 13.9. The number of anilines is 1. The molecule has 2 N–H and O–H groups in total. The number of phenolic OH excluding ortho intramolecular Hbond substituents is 1. The second-order valence-electron chi connectivity index (χ2n) is 3.23. The molecule has 0 amide bonds. The number of rotatable bonds is 4. The molecule has 1 aromatic rings. The summed E-state index contributed by atoms with van der Waals surface area (Å²) in [6, 6.07) is 2.33. The highest BCUT2D eigenvalue weighted by atomic mass is 35.5. The molecular formula is C9H9Cl2NO5S. The van der Waals surface area contributed by atoms with Crippen LogP contribution in [0.3, 0.4) is 0 Å². The number of carbonyl (C=O) groups excluding carboxylic acids is 1. The summed E-state index contributed by atoms with van der Waals surface area (Å²) in [7, 11) is -2.84. The third-order valence-corrected chi connectivity index (χ3v) is 3.56. The third kappa shape index (κ3) is 3.94. The van der Waals surface area contributed by atoms with Crippen molar-refractivity contribution in [1.29, 1.82) is 0 Å². The number of hydrogen-bond acceptors (Lipinski definition) is 5. The van der Waals surface area contributed by atoms with E-state index in [9.17, 15) is 18.3 Å². The number of ether oxygens (including phenoxy) is 1. The lowest BCUT2D eigenvalue weighted by Crippen LogP contribution is -2.23. The maximum absolute atomic E-state index is 11.5. The fourth-order valence-corrected chi connectivity index (χ4v) is 2.52. The molecule has 1 aromatic carbocycles. The van der Waals surface area contributed by atoms with E-state index in [1.807, 2.05) is 0 Å². The number of methoxy groups -OCH3 is 1. The largest absolute Gasteiger partial charge is 0.505 e. The van der Waals surface area contributed by atoms with Crippen LogP contribution in [0.2, 0.25) is 10.0 Å². The van der Waals surface area contributed by atoms with Crippen LogP contribution in [-0.2, 0) is 19.6 Å². The van der Waals surface area contributed by atoms with Crippen LogP contribution in [-0.4, -0.2) is 32.4 Å². The molecule has 0 saturated heterocycles. The number of hydrogen-bond donors (Lipinski definition) is 2. The Morgan fingerprint density at radius 2 is 1.89 bits per heavy atom. The van der Waals surface area contributed by atoms with Crippen molar-refractivity contribution in [3.63, 3.8) is 0 Å². The van der Waals surface area contributed by atoms with Crippen LogP contribution in [0.4, 0.5) is 5.69 Å². The first-order valence-electron chi connectivity index (χ1n) is 4.50. The highest BCUT2D eigenvalue weighted by molar-refractivity contribution is 7.93. The number of nitrogens with one attached hydrogen (secondary N) is 1. The van der Waals surface area contributed by atoms with Crippen LogP contribution >= 0.6 is 23.2 Å². The molecule has 0 aromatic heterocycles. The fraction of sp³-hybridized carbons (Fsp3) is 0.222. The molecule has 0 aliphatic rings. The summed E-state index contributed by atoms with van der Waals surface area (Å²) >= 11 is 11.2. The number of esters is 1. The van der Waals surface area contributed by atoms with Crippen molar-refractivity contribution in [3.05, 3.63) is 22.2 Å². The highest BCUT2D eigenvalue weighted by Gasteiger charge is 2.18. The van der Waals surface area contributed by atoms with Gasteiger partial charge in [0, 0.05) is 0 Å². The van der Waals surface area contributed by atoms with Crippen LogP contribution in [0, 0.1) is 0 Å². The first kappa shape index (κ1) is 14.9. The highest BCUT2D eigenvalue weighted by Crippen LogP contribution is 2.34. The molecule has 0 radical (unpaired) electrons. The predicted molar refractivity (Wildman–Crippen MR) is 67.6 cm³/mol. The molecule has 100 valence electrons. The van der Waals surface area contributed by atoms with E-state index in [4.69, 9.17) is 23.2 Å². The number of aromatic hydroxyl groups is 1. The maximum Gasteiger partial charge on any atom is 0.322 e. The molecule has 0 unspecified atom stereocenters. The molecular weight excluding hydrogens is 305 g/mol. The Bertz CT molecular complexity index is 549. The van der Waals surface area contributed by atoms with E-state index >= 15 is 0 Å². The molecule has 0 heterocycles. The lowest BCUT2D eigenvalue weighted by molar-refractivity contribution is -0.137. The van der Waals surface area contributed by atoms with E-state index in [0.717, 1.165) is 19.2 Å². The molecule has 0 bridgehead atoms. The molecule has 1 rings (SSSR count). The van der Waals surface area contributed by atoms with Gasteiger partial charge >= 0.3 is 5.97 Å². The molecule has 0 saturated carbocycles. The molecule has 0 spiro atoms. The number of halogens is 2. The van der Waals surface area contributed by atoms with Gasteiger partial charge < -0.3 is 9.84 Å². The van der Waals surface area contributed by atoms with Crippen LogP contribution in [0.25, 0.3) is 0 Å². The molecule has 0 aliphatic carbocycles. The number of phenols is 1. The Balaban J connectivity index is 2.95. The van der Waals surface area contributed by atoms with Crippen molar-refractivity contribution in [3.8, 4) is 5.75 Å². The Morgan fingerprint density at radius 1 is 1.39 bits per heavy atom. The zero-order valence-electron chi connectivity index (χ0n) is 9.11. The second kappa shape index (κ2) is 5.64. The normalized spacial score (nSPS) is 11.1. The summed E-state index contributed by atoms with van der Waals surface area (Å²) in [6.07, 6.45) is 0. The summed E-state index contributed by atoms with van der Waals surface area (Å²) in [5, 5.41) is 9.07. The Morgan fingerprint density at radius 3 is 2.33 bits per heavy atom. The minimum Gasteiger partial charge on any atom is -0.505 e. The van der Waals surface area contributed by atoms with Crippen molar-refractivity contribution in [1.82, 2.24) is 0 Å². The van der Waals surface area contributed by atoms with Crippen molar-refractivity contribution in [2.45, 2.75) is 0 Å². The van der Waals surface area contributed by atoms with Gasteiger partial charge in [0.05, 0.1) is 22.8 Å². The van der Waals surface area contributed by atoms with Gasteiger partial charge in [-0.05, 0) is 12.1 Å². The first-order valence-corrected chi connectivity index (χ1v) is 6.91. The van der Waals surface area contributed by atoms with Crippen molar-refractivity contribution in [2.24, 2.45) is 0 Å². The topological polar surface area (TPSA) is 92.7 Å². The average molecular weight is 314 g/mol. The van der Waals surface area contributed by atoms with Gasteiger partial charge in [0.25, 0.3) is 0 Å². The van der Waals surface area contributed by atoms with E-state index in [-0.39, 0.29) is 21.5 Å². The number of benzene rings is 1. The SMILES string of the molecule is COC(=O)CS(=O)(=O)Nc1cc(Cl)c(O)c(Cl)c1. The van der Waals surface area contributed by atoms with Gasteiger partial charge in [-0.3, -0.25) is 9.52 Å². The van der Waals surface area contributed by atoms with Crippen molar-refractivity contribution < 1.29 is 23.1 Å². The summed E-state index contributed by atoms with van der Waals surface area (Å²) in [4.78, 5) is 10.9. The first-order chi connectivity index (χ1) is 8.25. The summed E-state index contributed by atoms with van der Waals surface area (Å²) in [5.41, 5.74) is 0.0340. The number of sulfonamides is 1. The second-order valence-corrected chi connectivity index (χ2v) is 5.76. The standard InChI is InChI=1S/C9H9Cl2NO5S/c1-17-8(13)4-18(15,16)12-5-2-6(10)9(14)7(11)3-5/h2-3,12,14H,4H2,1H3. The maximum atomic E-state index is 11.5. The smallest absolute Gasteiger partial charge is 0.322 e. The minimum absolute atomic E-state index is 0.0340. The third-order valence-electron chi connectivity index (χ3n) is 1.83. The van der Waals surface area contributed by atoms with Crippen LogP contribution in [0.15, 0.2) is 12.1 Å². The van der Waals surface area contributed by atoms with E-state index in [0.29, 0.717) is 0 Å². The average Bonchev–Trinajstić information content (AvgIpc) is 2.24. The van der Waals surface area contributed by atoms with E-state index in [1.165, 1.54) is 0 Å². The Labute approximate surface area is 114 Å². The van der Waals surface area contributed by atoms with Crippen LogP contribution < -0.4 is 4.72 Å². The van der Waals surface area contributed by atoms with Gasteiger partial charge in [0.15, 0.2) is 11.5 Å². The molecule has 0 fully saturated rings. The van der Waals surface area contributed by atoms with Crippen LogP contribution in [0.5, 0.6) is 5.75 Å². The molecule has 0 aliphatic heterocycles. The Kier molecular flexibility index (Phi) is 4.66. The van der Waals surface area contributed by atoms with Gasteiger partial charge in [-0.2, -0.15) is 0 Å². The van der Waals surface area contributed by atoms with Crippen LogP contribution in [0.1, 0.15) is 0 Å². The monoisotopic (exact) mass is 313 g/mol. The molecule has 9 heteroatoms. The minimum atomic E-state index is -3.92.